The first-order chi connectivity index (χ1) is 11.0. The minimum Gasteiger partial charge on any atom is -0.478 e. The van der Waals surface area contributed by atoms with E-state index in [9.17, 15) is 9.18 Å². The highest BCUT2D eigenvalue weighted by atomic mass is 32.1. The first kappa shape index (κ1) is 15.0. The third-order valence-corrected chi connectivity index (χ3v) is 4.28. The molecule has 0 unspecified atom stereocenters. The minimum absolute atomic E-state index is 0.311. The van der Waals surface area contributed by atoms with Gasteiger partial charge in [0.2, 0.25) is 0 Å². The number of benzene rings is 1. The Bertz CT molecular complexity index is 883. The van der Waals surface area contributed by atoms with Crippen molar-refractivity contribution in [3.8, 4) is 21.8 Å². The lowest BCUT2D eigenvalue weighted by atomic mass is 10.1. The molecule has 0 aliphatic rings. The largest absolute Gasteiger partial charge is 0.478 e. The van der Waals surface area contributed by atoms with E-state index in [1.165, 1.54) is 34.2 Å². The van der Waals surface area contributed by atoms with E-state index >= 15 is 0 Å². The highest BCUT2D eigenvalue weighted by molar-refractivity contribution is 7.16. The topological polar surface area (TPSA) is 80.9 Å². The van der Waals surface area contributed by atoms with E-state index in [2.05, 4.69) is 15.5 Å². The molecule has 2 aromatic heterocycles. The van der Waals surface area contributed by atoms with Gasteiger partial charge in [0.1, 0.15) is 5.82 Å². The Balaban J connectivity index is 2.11. The predicted molar refractivity (Wildman–Crippen MR) is 84.2 cm³/mol. The Morgan fingerprint density at radius 1 is 1.35 bits per heavy atom. The number of tetrazole rings is 1. The van der Waals surface area contributed by atoms with Gasteiger partial charge < -0.3 is 5.11 Å². The van der Waals surface area contributed by atoms with Gasteiger partial charge in [-0.15, -0.1) is 16.4 Å². The Morgan fingerprint density at radius 3 is 2.70 bits per heavy atom. The van der Waals surface area contributed by atoms with E-state index in [4.69, 9.17) is 5.11 Å². The summed E-state index contributed by atoms with van der Waals surface area (Å²) >= 11 is 1.39. The zero-order chi connectivity index (χ0) is 16.4. The van der Waals surface area contributed by atoms with Gasteiger partial charge in [0.15, 0.2) is 5.82 Å². The number of aryl methyl sites for hydroxylation is 1. The van der Waals surface area contributed by atoms with Crippen molar-refractivity contribution in [1.82, 2.24) is 20.2 Å². The second kappa shape index (κ2) is 6.09. The average Bonchev–Trinajstić information content (AvgIpc) is 3.11. The fourth-order valence-electron chi connectivity index (χ4n) is 2.06. The van der Waals surface area contributed by atoms with Crippen LogP contribution >= 0.6 is 11.3 Å². The van der Waals surface area contributed by atoms with Crippen LogP contribution in [0.25, 0.3) is 27.9 Å². The molecule has 0 aliphatic carbocycles. The van der Waals surface area contributed by atoms with Gasteiger partial charge in [-0.3, -0.25) is 0 Å². The molecule has 0 radical (unpaired) electrons. The van der Waals surface area contributed by atoms with Crippen LogP contribution in [-0.4, -0.2) is 31.3 Å². The van der Waals surface area contributed by atoms with Gasteiger partial charge in [-0.2, -0.15) is 0 Å². The summed E-state index contributed by atoms with van der Waals surface area (Å²) in [5.41, 5.74) is 1.56. The maximum Gasteiger partial charge on any atom is 0.328 e. The van der Waals surface area contributed by atoms with Crippen molar-refractivity contribution in [1.29, 1.82) is 0 Å². The van der Waals surface area contributed by atoms with Crippen molar-refractivity contribution >= 4 is 23.4 Å². The fraction of sp³-hybridized carbons (Fsp3) is 0.0667. The number of nitrogens with zero attached hydrogens (tertiary/aromatic N) is 4. The van der Waals surface area contributed by atoms with Crippen LogP contribution in [0.5, 0.6) is 0 Å². The van der Waals surface area contributed by atoms with Crippen LogP contribution in [0.2, 0.25) is 0 Å². The molecule has 0 aliphatic heterocycles. The number of carboxylic acid groups (broad SMARTS) is 1. The first-order valence-electron chi connectivity index (χ1n) is 6.58. The molecular formula is C15H11FN4O2S. The maximum atomic E-state index is 13.1. The molecule has 0 bridgehead atoms. The van der Waals surface area contributed by atoms with Gasteiger partial charge in [-0.25, -0.2) is 13.9 Å². The highest BCUT2D eigenvalue weighted by Gasteiger charge is 2.15. The second-order valence-electron chi connectivity index (χ2n) is 4.69. The van der Waals surface area contributed by atoms with E-state index in [0.717, 1.165) is 22.1 Å². The van der Waals surface area contributed by atoms with Crippen LogP contribution in [-0.2, 0) is 11.8 Å². The van der Waals surface area contributed by atoms with E-state index in [0.29, 0.717) is 10.7 Å². The molecule has 0 atom stereocenters. The lowest BCUT2D eigenvalue weighted by Gasteiger charge is -1.97. The van der Waals surface area contributed by atoms with Crippen molar-refractivity contribution in [3.63, 3.8) is 0 Å². The molecule has 0 saturated heterocycles. The molecule has 6 nitrogen and oxygen atoms in total. The number of carboxylic acids is 1. The Labute approximate surface area is 134 Å². The number of aliphatic carboxylic acids is 1. The molecule has 1 N–H and O–H groups in total. The summed E-state index contributed by atoms with van der Waals surface area (Å²) in [5, 5.41) is 20.2. The Kier molecular flexibility index (Phi) is 3.98. The van der Waals surface area contributed by atoms with Crippen LogP contribution < -0.4 is 0 Å². The van der Waals surface area contributed by atoms with Crippen LogP contribution in [0.4, 0.5) is 4.39 Å². The molecule has 0 amide bonds. The van der Waals surface area contributed by atoms with Gasteiger partial charge in [0, 0.05) is 28.4 Å². The number of aromatic nitrogens is 4. The van der Waals surface area contributed by atoms with Crippen LogP contribution in [0.15, 0.2) is 36.4 Å². The smallest absolute Gasteiger partial charge is 0.328 e. The standard InChI is InChI=1S/C15H11FN4O2S/c1-20-15(17-18-19-20)11-8-13(9-2-4-10(16)5-3-9)23-12(11)6-7-14(21)22/h2-8H,1H3,(H,21,22). The van der Waals surface area contributed by atoms with Crippen molar-refractivity contribution in [2.75, 3.05) is 0 Å². The summed E-state index contributed by atoms with van der Waals surface area (Å²) < 4.78 is 14.6. The number of halogens is 1. The summed E-state index contributed by atoms with van der Waals surface area (Å²) in [4.78, 5) is 12.4. The van der Waals surface area contributed by atoms with E-state index < -0.39 is 5.97 Å². The summed E-state index contributed by atoms with van der Waals surface area (Å²) in [7, 11) is 1.70. The molecule has 8 heteroatoms. The SMILES string of the molecule is Cn1nnnc1-c1cc(-c2ccc(F)cc2)sc1C=CC(=O)O. The monoisotopic (exact) mass is 330 g/mol. The van der Waals surface area contributed by atoms with Crippen LogP contribution in [0, 0.1) is 5.82 Å². The van der Waals surface area contributed by atoms with E-state index in [1.54, 1.807) is 19.2 Å². The Hall–Kier alpha value is -2.87. The van der Waals surface area contributed by atoms with E-state index in [-0.39, 0.29) is 5.82 Å². The first-order valence-corrected chi connectivity index (χ1v) is 7.40. The summed E-state index contributed by atoms with van der Waals surface area (Å²) in [6, 6.07) is 7.97. The van der Waals surface area contributed by atoms with Crippen LogP contribution in [0.3, 0.4) is 0 Å². The van der Waals surface area contributed by atoms with Gasteiger partial charge >= 0.3 is 5.97 Å². The van der Waals surface area contributed by atoms with Gasteiger partial charge in [-0.1, -0.05) is 12.1 Å². The molecule has 0 fully saturated rings. The number of thiophene rings is 1. The third kappa shape index (κ3) is 3.16. The average molecular weight is 330 g/mol. The molecule has 0 saturated carbocycles. The van der Waals surface area contributed by atoms with Gasteiger partial charge in [-0.05, 0) is 40.3 Å². The minimum atomic E-state index is -1.04. The number of carbonyl (C=O) groups is 1. The summed E-state index contributed by atoms with van der Waals surface area (Å²) in [6.07, 6.45) is 2.57. The van der Waals surface area contributed by atoms with Gasteiger partial charge in [0.05, 0.1) is 0 Å². The fourth-order valence-corrected chi connectivity index (χ4v) is 3.13. The highest BCUT2D eigenvalue weighted by Crippen LogP contribution is 2.37. The molecule has 3 rings (SSSR count). The summed E-state index contributed by atoms with van der Waals surface area (Å²) in [5.74, 6) is -0.822. The molecule has 23 heavy (non-hydrogen) atoms. The molecular weight excluding hydrogens is 319 g/mol. The summed E-state index contributed by atoms with van der Waals surface area (Å²) in [6.45, 7) is 0. The molecule has 0 spiro atoms. The van der Waals surface area contributed by atoms with Crippen molar-refractivity contribution in [2.24, 2.45) is 7.05 Å². The quantitative estimate of drug-likeness (QED) is 0.744. The maximum absolute atomic E-state index is 13.1. The molecule has 2 heterocycles. The van der Waals surface area contributed by atoms with Gasteiger partial charge in [0.25, 0.3) is 0 Å². The Morgan fingerprint density at radius 2 is 2.09 bits per heavy atom. The number of rotatable bonds is 4. The molecule has 3 aromatic rings. The van der Waals surface area contributed by atoms with Crippen LogP contribution in [0.1, 0.15) is 4.88 Å². The number of hydrogen-bond donors (Lipinski definition) is 1. The zero-order valence-electron chi connectivity index (χ0n) is 12.0. The lowest BCUT2D eigenvalue weighted by Crippen LogP contribution is -1.94. The number of hydrogen-bond acceptors (Lipinski definition) is 5. The predicted octanol–water partition coefficient (Wildman–Crippen LogP) is 2.84. The van der Waals surface area contributed by atoms with Crippen molar-refractivity contribution in [3.05, 3.63) is 47.1 Å². The lowest BCUT2D eigenvalue weighted by molar-refractivity contribution is -0.131. The normalized spacial score (nSPS) is 11.2. The zero-order valence-corrected chi connectivity index (χ0v) is 12.8. The molecule has 116 valence electrons. The molecule has 1 aromatic carbocycles. The van der Waals surface area contributed by atoms with Crippen molar-refractivity contribution < 1.29 is 14.3 Å². The second-order valence-corrected chi connectivity index (χ2v) is 5.78. The van der Waals surface area contributed by atoms with Crippen molar-refractivity contribution in [2.45, 2.75) is 0 Å². The third-order valence-electron chi connectivity index (χ3n) is 3.13. The van der Waals surface area contributed by atoms with E-state index in [1.807, 2.05) is 6.07 Å².